The fraction of sp³-hybridized carbons (Fsp3) is 1.00. The first-order valence-electron chi connectivity index (χ1n) is 5.60. The van der Waals surface area contributed by atoms with Gasteiger partial charge in [0.15, 0.2) is 0 Å². The highest BCUT2D eigenvalue weighted by atomic mass is 16.5. The number of nitrogens with one attached hydrogen (secondary N) is 1. The van der Waals surface area contributed by atoms with Crippen molar-refractivity contribution in [3.8, 4) is 0 Å². The molecule has 0 aliphatic rings. The first-order valence-corrected chi connectivity index (χ1v) is 5.60. The molecule has 0 saturated heterocycles. The molecule has 3 N–H and O–H groups in total. The second-order valence-corrected chi connectivity index (χ2v) is 4.09. The fourth-order valence-corrected chi connectivity index (χ4v) is 2.06. The van der Waals surface area contributed by atoms with E-state index in [0.717, 1.165) is 19.3 Å². The highest BCUT2D eigenvalue weighted by Crippen LogP contribution is 2.27. The van der Waals surface area contributed by atoms with Gasteiger partial charge in [0.1, 0.15) is 0 Å². The first-order chi connectivity index (χ1) is 6.59. The Morgan fingerprint density at radius 2 is 1.79 bits per heavy atom. The maximum absolute atomic E-state index is 5.63. The molecule has 0 aromatic heterocycles. The van der Waals surface area contributed by atoms with E-state index in [2.05, 4.69) is 33.1 Å². The standard InChI is InChI=1S/C11H26N2O/c1-6-9(7-2)10(13-12)11(4,8-3)14-5/h9-10,13H,6-8,12H2,1-5H3. The van der Waals surface area contributed by atoms with Crippen molar-refractivity contribution in [2.24, 2.45) is 11.8 Å². The van der Waals surface area contributed by atoms with Crippen LogP contribution in [-0.2, 0) is 4.74 Å². The Morgan fingerprint density at radius 3 is 2.00 bits per heavy atom. The lowest BCUT2D eigenvalue weighted by molar-refractivity contribution is -0.0466. The van der Waals surface area contributed by atoms with E-state index in [9.17, 15) is 0 Å². The monoisotopic (exact) mass is 202 g/mol. The second kappa shape index (κ2) is 6.38. The molecule has 3 nitrogen and oxygen atoms in total. The molecule has 86 valence electrons. The summed E-state index contributed by atoms with van der Waals surface area (Å²) in [4.78, 5) is 0. The summed E-state index contributed by atoms with van der Waals surface area (Å²) >= 11 is 0. The van der Waals surface area contributed by atoms with Gasteiger partial charge in [-0.2, -0.15) is 0 Å². The van der Waals surface area contributed by atoms with E-state index < -0.39 is 0 Å². The third kappa shape index (κ3) is 2.94. The zero-order valence-electron chi connectivity index (χ0n) is 10.3. The Bertz CT molecular complexity index is 142. The van der Waals surface area contributed by atoms with Crippen molar-refractivity contribution in [2.75, 3.05) is 7.11 Å². The normalized spacial score (nSPS) is 18.2. The van der Waals surface area contributed by atoms with Crippen LogP contribution in [-0.4, -0.2) is 18.8 Å². The van der Waals surface area contributed by atoms with Crippen LogP contribution in [0.4, 0.5) is 0 Å². The quantitative estimate of drug-likeness (QED) is 0.491. The van der Waals surface area contributed by atoms with E-state index >= 15 is 0 Å². The van der Waals surface area contributed by atoms with Gasteiger partial charge in [-0.3, -0.25) is 11.3 Å². The number of hydrogen-bond acceptors (Lipinski definition) is 3. The van der Waals surface area contributed by atoms with Gasteiger partial charge in [0.2, 0.25) is 0 Å². The highest BCUT2D eigenvalue weighted by Gasteiger charge is 2.35. The van der Waals surface area contributed by atoms with Crippen molar-refractivity contribution < 1.29 is 4.74 Å². The Hall–Kier alpha value is -0.120. The Balaban J connectivity index is 4.65. The Morgan fingerprint density at radius 1 is 1.29 bits per heavy atom. The molecule has 0 amide bonds. The van der Waals surface area contributed by atoms with Crippen molar-refractivity contribution >= 4 is 0 Å². The average Bonchev–Trinajstić information content (AvgIpc) is 2.24. The molecule has 0 saturated carbocycles. The maximum Gasteiger partial charge on any atom is 0.0816 e. The SMILES string of the molecule is CCC(CC)C(NN)C(C)(CC)OC. The van der Waals surface area contributed by atoms with Crippen LogP contribution in [0.15, 0.2) is 0 Å². The molecule has 0 bridgehead atoms. The molecule has 0 aromatic carbocycles. The fourth-order valence-electron chi connectivity index (χ4n) is 2.06. The van der Waals surface area contributed by atoms with Gasteiger partial charge in [0.05, 0.1) is 11.6 Å². The van der Waals surface area contributed by atoms with E-state index in [4.69, 9.17) is 10.6 Å². The van der Waals surface area contributed by atoms with Crippen molar-refractivity contribution in [2.45, 2.75) is 58.6 Å². The minimum atomic E-state index is -0.161. The maximum atomic E-state index is 5.63. The van der Waals surface area contributed by atoms with Crippen LogP contribution in [0.5, 0.6) is 0 Å². The molecule has 2 atom stereocenters. The lowest BCUT2D eigenvalue weighted by atomic mass is 9.81. The van der Waals surface area contributed by atoms with E-state index in [1.807, 2.05) is 0 Å². The van der Waals surface area contributed by atoms with Crippen molar-refractivity contribution in [3.63, 3.8) is 0 Å². The number of hydrazine groups is 1. The van der Waals surface area contributed by atoms with E-state index in [1.165, 1.54) is 0 Å². The second-order valence-electron chi connectivity index (χ2n) is 4.09. The molecular formula is C11H26N2O. The van der Waals surface area contributed by atoms with E-state index in [1.54, 1.807) is 7.11 Å². The first kappa shape index (κ1) is 13.9. The number of rotatable bonds is 7. The summed E-state index contributed by atoms with van der Waals surface area (Å²) in [6, 6.07) is 0.229. The van der Waals surface area contributed by atoms with Crippen molar-refractivity contribution in [1.82, 2.24) is 5.43 Å². The Kier molecular flexibility index (Phi) is 6.33. The van der Waals surface area contributed by atoms with Gasteiger partial charge in [0, 0.05) is 7.11 Å². The van der Waals surface area contributed by atoms with Crippen molar-refractivity contribution in [1.29, 1.82) is 0 Å². The van der Waals surface area contributed by atoms with Gasteiger partial charge in [-0.05, 0) is 19.3 Å². The average molecular weight is 202 g/mol. The van der Waals surface area contributed by atoms with Gasteiger partial charge < -0.3 is 4.74 Å². The van der Waals surface area contributed by atoms with Crippen LogP contribution in [0.1, 0.15) is 47.0 Å². The molecule has 3 heteroatoms. The third-order valence-electron chi connectivity index (χ3n) is 3.53. The number of methoxy groups -OCH3 is 1. The molecule has 0 aliphatic carbocycles. The number of ether oxygens (including phenoxy) is 1. The predicted octanol–water partition coefficient (Wildman–Crippen LogP) is 2.07. The molecular weight excluding hydrogens is 176 g/mol. The van der Waals surface area contributed by atoms with Crippen LogP contribution in [0.2, 0.25) is 0 Å². The molecule has 0 spiro atoms. The molecule has 0 rings (SSSR count). The zero-order chi connectivity index (χ0) is 11.2. The molecule has 0 heterocycles. The molecule has 0 aliphatic heterocycles. The molecule has 0 aromatic rings. The zero-order valence-corrected chi connectivity index (χ0v) is 10.3. The van der Waals surface area contributed by atoms with Gasteiger partial charge >= 0.3 is 0 Å². The van der Waals surface area contributed by atoms with Gasteiger partial charge in [-0.25, -0.2) is 0 Å². The predicted molar refractivity (Wildman–Crippen MR) is 60.9 cm³/mol. The molecule has 2 unspecified atom stereocenters. The van der Waals surface area contributed by atoms with Crippen LogP contribution in [0, 0.1) is 5.92 Å². The van der Waals surface area contributed by atoms with Crippen LogP contribution >= 0.6 is 0 Å². The van der Waals surface area contributed by atoms with Crippen LogP contribution in [0.3, 0.4) is 0 Å². The Labute approximate surface area is 88.4 Å². The summed E-state index contributed by atoms with van der Waals surface area (Å²) in [5.41, 5.74) is 2.76. The summed E-state index contributed by atoms with van der Waals surface area (Å²) in [5.74, 6) is 6.21. The molecule has 0 fully saturated rings. The van der Waals surface area contributed by atoms with Crippen LogP contribution < -0.4 is 11.3 Å². The largest absolute Gasteiger partial charge is 0.377 e. The summed E-state index contributed by atoms with van der Waals surface area (Å²) in [7, 11) is 1.76. The lowest BCUT2D eigenvalue weighted by Gasteiger charge is -2.39. The number of hydrogen-bond donors (Lipinski definition) is 2. The highest BCUT2D eigenvalue weighted by molar-refractivity contribution is 4.91. The lowest BCUT2D eigenvalue weighted by Crippen LogP contribution is -2.56. The van der Waals surface area contributed by atoms with E-state index in [0.29, 0.717) is 5.92 Å². The third-order valence-corrected chi connectivity index (χ3v) is 3.53. The minimum absolute atomic E-state index is 0.161. The summed E-state index contributed by atoms with van der Waals surface area (Å²) in [6.07, 6.45) is 3.23. The smallest absolute Gasteiger partial charge is 0.0816 e. The molecule has 14 heavy (non-hydrogen) atoms. The molecule has 0 radical (unpaired) electrons. The number of nitrogens with two attached hydrogens (primary N) is 1. The van der Waals surface area contributed by atoms with Gasteiger partial charge in [0.25, 0.3) is 0 Å². The summed E-state index contributed by atoms with van der Waals surface area (Å²) in [6.45, 7) is 8.65. The summed E-state index contributed by atoms with van der Waals surface area (Å²) in [5, 5.41) is 0. The minimum Gasteiger partial charge on any atom is -0.377 e. The van der Waals surface area contributed by atoms with Crippen molar-refractivity contribution in [3.05, 3.63) is 0 Å². The van der Waals surface area contributed by atoms with Gasteiger partial charge in [-0.1, -0.05) is 33.6 Å². The summed E-state index contributed by atoms with van der Waals surface area (Å²) < 4.78 is 5.58. The van der Waals surface area contributed by atoms with Gasteiger partial charge in [-0.15, -0.1) is 0 Å². The van der Waals surface area contributed by atoms with E-state index in [-0.39, 0.29) is 11.6 Å². The van der Waals surface area contributed by atoms with Crippen LogP contribution in [0.25, 0.3) is 0 Å². The topological polar surface area (TPSA) is 47.3 Å².